The molecule has 1 aliphatic rings. The summed E-state index contributed by atoms with van der Waals surface area (Å²) < 4.78 is 10.9. The Hall–Kier alpha value is -2.49. The largest absolute Gasteiger partial charge is 0.496 e. The number of para-hydroxylation sites is 1. The molecule has 1 aliphatic heterocycles. The van der Waals surface area contributed by atoms with Crippen LogP contribution in [0.2, 0.25) is 0 Å². The summed E-state index contributed by atoms with van der Waals surface area (Å²) in [6, 6.07) is 17.6. The average Bonchev–Trinajstić information content (AvgIpc) is 3.10. The first-order valence-electron chi connectivity index (χ1n) is 7.90. The van der Waals surface area contributed by atoms with Crippen molar-refractivity contribution in [3.63, 3.8) is 0 Å². The lowest BCUT2D eigenvalue weighted by atomic mass is 10.0. The molecule has 4 heteroatoms. The minimum absolute atomic E-state index is 0.0226. The zero-order valence-corrected chi connectivity index (χ0v) is 13.3. The molecule has 0 spiro atoms. The van der Waals surface area contributed by atoms with Gasteiger partial charge in [-0.15, -0.1) is 0 Å². The van der Waals surface area contributed by atoms with Gasteiger partial charge in [0.25, 0.3) is 0 Å². The number of hydrogen-bond acceptors (Lipinski definition) is 3. The van der Waals surface area contributed by atoms with Gasteiger partial charge in [0.2, 0.25) is 0 Å². The monoisotopic (exact) mass is 311 g/mol. The highest BCUT2D eigenvalue weighted by molar-refractivity contribution is 5.69. The Morgan fingerprint density at radius 2 is 1.87 bits per heavy atom. The third-order valence-electron chi connectivity index (χ3n) is 4.19. The molecule has 0 radical (unpaired) electrons. The number of methoxy groups -OCH3 is 1. The Morgan fingerprint density at radius 1 is 1.13 bits per heavy atom. The summed E-state index contributed by atoms with van der Waals surface area (Å²) in [5.74, 6) is 0.820. The smallest absolute Gasteiger partial charge is 0.410 e. The van der Waals surface area contributed by atoms with Crippen LogP contribution in [0.4, 0.5) is 4.79 Å². The van der Waals surface area contributed by atoms with Gasteiger partial charge in [0.05, 0.1) is 13.2 Å². The van der Waals surface area contributed by atoms with Crippen molar-refractivity contribution in [1.29, 1.82) is 0 Å². The highest BCUT2D eigenvalue weighted by Gasteiger charge is 2.32. The molecule has 1 saturated heterocycles. The Labute approximate surface area is 136 Å². The molecule has 0 saturated carbocycles. The van der Waals surface area contributed by atoms with Gasteiger partial charge in [0.1, 0.15) is 12.4 Å². The van der Waals surface area contributed by atoms with E-state index >= 15 is 0 Å². The quantitative estimate of drug-likeness (QED) is 0.850. The van der Waals surface area contributed by atoms with Crippen LogP contribution in [-0.2, 0) is 11.3 Å². The second-order valence-electron chi connectivity index (χ2n) is 5.63. The topological polar surface area (TPSA) is 38.8 Å². The van der Waals surface area contributed by atoms with Gasteiger partial charge in [0.15, 0.2) is 0 Å². The Balaban J connectivity index is 1.70. The summed E-state index contributed by atoms with van der Waals surface area (Å²) in [4.78, 5) is 14.3. The van der Waals surface area contributed by atoms with Gasteiger partial charge in [-0.2, -0.15) is 0 Å². The van der Waals surface area contributed by atoms with E-state index in [4.69, 9.17) is 9.47 Å². The third kappa shape index (κ3) is 3.47. The molecule has 23 heavy (non-hydrogen) atoms. The van der Waals surface area contributed by atoms with Crippen LogP contribution < -0.4 is 4.74 Å². The maximum atomic E-state index is 12.5. The number of hydrogen-bond donors (Lipinski definition) is 0. The van der Waals surface area contributed by atoms with Crippen molar-refractivity contribution >= 4 is 6.09 Å². The Morgan fingerprint density at radius 3 is 2.65 bits per heavy atom. The van der Waals surface area contributed by atoms with Gasteiger partial charge in [-0.25, -0.2) is 4.79 Å². The summed E-state index contributed by atoms with van der Waals surface area (Å²) in [5, 5.41) is 0. The highest BCUT2D eigenvalue weighted by atomic mass is 16.6. The Bertz CT molecular complexity index is 657. The number of carbonyl (C=O) groups is 1. The maximum Gasteiger partial charge on any atom is 0.410 e. The number of nitrogens with zero attached hydrogens (tertiary/aromatic N) is 1. The predicted octanol–water partition coefficient (Wildman–Crippen LogP) is 4.17. The van der Waals surface area contributed by atoms with Crippen molar-refractivity contribution in [2.24, 2.45) is 0 Å². The first-order chi connectivity index (χ1) is 11.3. The van der Waals surface area contributed by atoms with Crippen LogP contribution >= 0.6 is 0 Å². The molecular weight excluding hydrogens is 290 g/mol. The van der Waals surface area contributed by atoms with Crippen LogP contribution in [0.5, 0.6) is 5.75 Å². The predicted molar refractivity (Wildman–Crippen MR) is 88.3 cm³/mol. The maximum absolute atomic E-state index is 12.5. The van der Waals surface area contributed by atoms with E-state index < -0.39 is 0 Å². The van der Waals surface area contributed by atoms with E-state index in [-0.39, 0.29) is 12.1 Å². The number of amides is 1. The van der Waals surface area contributed by atoms with E-state index in [9.17, 15) is 4.79 Å². The minimum atomic E-state index is -0.262. The molecule has 1 heterocycles. The van der Waals surface area contributed by atoms with Crippen molar-refractivity contribution in [3.8, 4) is 5.75 Å². The van der Waals surface area contributed by atoms with E-state index in [1.165, 1.54) is 0 Å². The van der Waals surface area contributed by atoms with E-state index in [0.717, 1.165) is 36.3 Å². The second-order valence-corrected chi connectivity index (χ2v) is 5.63. The highest BCUT2D eigenvalue weighted by Crippen LogP contribution is 2.37. The summed E-state index contributed by atoms with van der Waals surface area (Å²) in [7, 11) is 1.66. The number of likely N-dealkylation sites (tertiary alicyclic amines) is 1. The van der Waals surface area contributed by atoms with Crippen molar-refractivity contribution in [3.05, 3.63) is 65.7 Å². The fourth-order valence-electron chi connectivity index (χ4n) is 3.05. The fourth-order valence-corrected chi connectivity index (χ4v) is 3.05. The SMILES string of the molecule is COc1ccccc1[C@@H]1CCCN1C(=O)OCc1ccccc1. The zero-order chi connectivity index (χ0) is 16.1. The molecule has 0 N–H and O–H groups in total. The molecule has 0 unspecified atom stereocenters. The van der Waals surface area contributed by atoms with Crippen LogP contribution in [-0.4, -0.2) is 24.6 Å². The zero-order valence-electron chi connectivity index (χ0n) is 13.3. The second kappa shape index (κ2) is 7.18. The Kier molecular flexibility index (Phi) is 4.81. The molecule has 3 rings (SSSR count). The first-order valence-corrected chi connectivity index (χ1v) is 7.90. The summed E-state index contributed by atoms with van der Waals surface area (Å²) in [6.07, 6.45) is 1.64. The van der Waals surface area contributed by atoms with Gasteiger partial charge >= 0.3 is 6.09 Å². The van der Waals surface area contributed by atoms with Gasteiger partial charge in [-0.3, -0.25) is 0 Å². The van der Waals surface area contributed by atoms with E-state index in [1.54, 1.807) is 12.0 Å². The lowest BCUT2D eigenvalue weighted by Gasteiger charge is -2.25. The van der Waals surface area contributed by atoms with Crippen molar-refractivity contribution < 1.29 is 14.3 Å². The summed E-state index contributed by atoms with van der Waals surface area (Å²) in [6.45, 7) is 1.02. The van der Waals surface area contributed by atoms with Crippen LogP contribution in [0.3, 0.4) is 0 Å². The molecule has 2 aromatic carbocycles. The fraction of sp³-hybridized carbons (Fsp3) is 0.316. The average molecular weight is 311 g/mol. The number of carbonyl (C=O) groups excluding carboxylic acids is 1. The van der Waals surface area contributed by atoms with Crippen molar-refractivity contribution in [1.82, 2.24) is 4.90 Å². The molecular formula is C19H21NO3. The molecule has 4 nitrogen and oxygen atoms in total. The van der Waals surface area contributed by atoms with E-state index in [0.29, 0.717) is 6.61 Å². The lowest BCUT2D eigenvalue weighted by molar-refractivity contribution is 0.0917. The molecule has 1 atom stereocenters. The summed E-state index contributed by atoms with van der Waals surface area (Å²) >= 11 is 0. The van der Waals surface area contributed by atoms with Crippen LogP contribution in [0.25, 0.3) is 0 Å². The van der Waals surface area contributed by atoms with Gasteiger partial charge < -0.3 is 14.4 Å². The standard InChI is InChI=1S/C19H21NO3/c1-22-18-12-6-5-10-16(18)17-11-7-13-20(17)19(21)23-14-15-8-3-2-4-9-15/h2-6,8-10,12,17H,7,11,13-14H2,1H3/t17-/m0/s1. The number of rotatable bonds is 4. The number of benzene rings is 2. The minimum Gasteiger partial charge on any atom is -0.496 e. The van der Waals surface area contributed by atoms with Crippen LogP contribution in [0, 0.1) is 0 Å². The third-order valence-corrected chi connectivity index (χ3v) is 4.19. The molecule has 120 valence electrons. The normalized spacial score (nSPS) is 17.1. The lowest BCUT2D eigenvalue weighted by Crippen LogP contribution is -2.31. The van der Waals surface area contributed by atoms with Gasteiger partial charge in [-0.1, -0.05) is 48.5 Å². The molecule has 1 fully saturated rings. The molecule has 0 aromatic heterocycles. The molecule has 2 aromatic rings. The van der Waals surface area contributed by atoms with E-state index in [1.807, 2.05) is 54.6 Å². The van der Waals surface area contributed by atoms with Gasteiger partial charge in [0, 0.05) is 12.1 Å². The summed E-state index contributed by atoms with van der Waals surface area (Å²) in [5.41, 5.74) is 2.04. The molecule has 0 bridgehead atoms. The van der Waals surface area contributed by atoms with Crippen molar-refractivity contribution in [2.75, 3.05) is 13.7 Å². The van der Waals surface area contributed by atoms with E-state index in [2.05, 4.69) is 0 Å². The molecule has 1 amide bonds. The van der Waals surface area contributed by atoms with Crippen LogP contribution in [0.1, 0.15) is 30.0 Å². The number of ether oxygens (including phenoxy) is 2. The molecule has 0 aliphatic carbocycles. The van der Waals surface area contributed by atoms with Crippen LogP contribution in [0.15, 0.2) is 54.6 Å². The van der Waals surface area contributed by atoms with Gasteiger partial charge in [-0.05, 0) is 24.5 Å². The first kappa shape index (κ1) is 15.4. The van der Waals surface area contributed by atoms with Crippen molar-refractivity contribution in [2.45, 2.75) is 25.5 Å².